The molecule has 1 aliphatic heterocycles. The van der Waals surface area contributed by atoms with Crippen LogP contribution in [0.2, 0.25) is 0 Å². The highest BCUT2D eigenvalue weighted by Crippen LogP contribution is 2.48. The topological polar surface area (TPSA) is 173 Å². The second kappa shape index (κ2) is 10.6. The van der Waals surface area contributed by atoms with E-state index in [0.29, 0.717) is 11.3 Å². The van der Waals surface area contributed by atoms with E-state index in [1.54, 1.807) is 55.6 Å². The van der Waals surface area contributed by atoms with Crippen LogP contribution < -0.4 is 20.9 Å². The average Bonchev–Trinajstić information content (AvgIpc) is 3.24. The number of azide groups is 1. The van der Waals surface area contributed by atoms with Gasteiger partial charge in [-0.3, -0.25) is 28.9 Å². The summed E-state index contributed by atoms with van der Waals surface area (Å²) in [6, 6.07) is 11.2. The first-order chi connectivity index (χ1) is 16.9. The summed E-state index contributed by atoms with van der Waals surface area (Å²) in [5.41, 5.74) is 8.64. The van der Waals surface area contributed by atoms with E-state index in [1.807, 2.05) is 0 Å². The van der Waals surface area contributed by atoms with E-state index in [4.69, 9.17) is 19.3 Å². The van der Waals surface area contributed by atoms with Crippen LogP contribution >= 0.6 is 7.75 Å². The molecule has 2 aromatic heterocycles. The standard InChI is InChI=1S/C21H22N7O6P/c1-14-12-28(21(30)24-20(14)29)19-10-17(25-27-22)18(33-19)13-32-35(31,26-15-6-3-2-4-7-15)34-16-8-5-9-23-11-16/h2-9,11-12,17-19H,10,13H2,1H3,(H,26,31)(H,24,29,30)/t17-,18+,19+,35?/m0/s1. The summed E-state index contributed by atoms with van der Waals surface area (Å²) < 4.78 is 32.1. The van der Waals surface area contributed by atoms with Gasteiger partial charge in [-0.1, -0.05) is 23.3 Å². The summed E-state index contributed by atoms with van der Waals surface area (Å²) >= 11 is 0. The summed E-state index contributed by atoms with van der Waals surface area (Å²) in [4.78, 5) is 33.0. The Bertz CT molecular complexity index is 1330. The van der Waals surface area contributed by atoms with Crippen molar-refractivity contribution in [1.29, 1.82) is 0 Å². The zero-order valence-corrected chi connectivity index (χ0v) is 19.4. The maximum atomic E-state index is 13.6. The number of hydrogen-bond donors (Lipinski definition) is 2. The van der Waals surface area contributed by atoms with Gasteiger partial charge in [0.1, 0.15) is 12.0 Å². The molecule has 1 unspecified atom stereocenters. The van der Waals surface area contributed by atoms with Gasteiger partial charge in [0.25, 0.3) is 5.56 Å². The molecule has 35 heavy (non-hydrogen) atoms. The minimum Gasteiger partial charge on any atom is -0.407 e. The highest BCUT2D eigenvalue weighted by molar-refractivity contribution is 7.55. The predicted molar refractivity (Wildman–Crippen MR) is 126 cm³/mol. The molecule has 1 saturated heterocycles. The lowest BCUT2D eigenvalue weighted by Gasteiger charge is -2.23. The molecule has 1 fully saturated rings. The highest BCUT2D eigenvalue weighted by atomic mass is 31.2. The molecule has 13 nitrogen and oxygen atoms in total. The summed E-state index contributed by atoms with van der Waals surface area (Å²) in [7, 11) is -4.00. The third-order valence-corrected chi connectivity index (χ3v) is 6.64. The Kier molecular flexibility index (Phi) is 7.33. The number of aryl methyl sites for hydroxylation is 1. The van der Waals surface area contributed by atoms with Gasteiger partial charge in [-0.25, -0.2) is 9.36 Å². The van der Waals surface area contributed by atoms with Gasteiger partial charge < -0.3 is 9.26 Å². The van der Waals surface area contributed by atoms with Gasteiger partial charge >= 0.3 is 13.4 Å². The molecule has 1 aliphatic rings. The smallest absolute Gasteiger partial charge is 0.407 e. The van der Waals surface area contributed by atoms with Crippen LogP contribution in [-0.4, -0.2) is 33.3 Å². The molecule has 0 saturated carbocycles. The van der Waals surface area contributed by atoms with Crippen molar-refractivity contribution in [3.63, 3.8) is 0 Å². The zero-order chi connectivity index (χ0) is 24.8. The van der Waals surface area contributed by atoms with Crippen molar-refractivity contribution >= 4 is 13.4 Å². The fourth-order valence-corrected chi connectivity index (χ4v) is 4.84. The van der Waals surface area contributed by atoms with Crippen LogP contribution in [-0.2, 0) is 13.8 Å². The molecule has 0 aliphatic carbocycles. The number of aromatic amines is 1. The van der Waals surface area contributed by atoms with Crippen LogP contribution in [0.4, 0.5) is 5.69 Å². The van der Waals surface area contributed by atoms with Crippen molar-refractivity contribution in [2.45, 2.75) is 31.7 Å². The minimum atomic E-state index is -4.00. The molecule has 14 heteroatoms. The lowest BCUT2D eigenvalue weighted by molar-refractivity contribution is -0.0234. The fourth-order valence-electron chi connectivity index (χ4n) is 3.49. The van der Waals surface area contributed by atoms with Gasteiger partial charge in [0.15, 0.2) is 0 Å². The molecule has 0 radical (unpaired) electrons. The van der Waals surface area contributed by atoms with E-state index in [0.717, 1.165) is 0 Å². The molecule has 1 aromatic carbocycles. The molecule has 3 heterocycles. The molecule has 0 bridgehead atoms. The first-order valence-corrected chi connectivity index (χ1v) is 12.1. The molecule has 4 atom stereocenters. The Morgan fingerprint density at radius 3 is 2.83 bits per heavy atom. The molecular weight excluding hydrogens is 477 g/mol. The third-order valence-electron chi connectivity index (χ3n) is 5.17. The fraction of sp³-hybridized carbons (Fsp3) is 0.286. The number of para-hydroxylation sites is 1. The van der Waals surface area contributed by atoms with Crippen LogP contribution in [0.1, 0.15) is 18.2 Å². The highest BCUT2D eigenvalue weighted by Gasteiger charge is 2.39. The molecular formula is C21H22N7O6P. The second-order valence-corrected chi connectivity index (χ2v) is 9.33. The summed E-state index contributed by atoms with van der Waals surface area (Å²) in [6.07, 6.45) is 2.76. The van der Waals surface area contributed by atoms with E-state index in [1.165, 1.54) is 17.0 Å². The Balaban J connectivity index is 1.55. The van der Waals surface area contributed by atoms with Crippen LogP contribution in [0.5, 0.6) is 5.75 Å². The molecule has 0 spiro atoms. The van der Waals surface area contributed by atoms with E-state index < -0.39 is 37.4 Å². The van der Waals surface area contributed by atoms with Gasteiger partial charge in [0.05, 0.1) is 24.9 Å². The number of nitrogens with one attached hydrogen (secondary N) is 2. The summed E-state index contributed by atoms with van der Waals surface area (Å²) in [5, 5.41) is 6.52. The summed E-state index contributed by atoms with van der Waals surface area (Å²) in [6.45, 7) is 1.27. The van der Waals surface area contributed by atoms with Gasteiger partial charge in [0, 0.05) is 35.0 Å². The Morgan fingerprint density at radius 1 is 1.31 bits per heavy atom. The predicted octanol–water partition coefficient (Wildman–Crippen LogP) is 3.52. The molecule has 0 amide bonds. The first kappa shape index (κ1) is 24.2. The van der Waals surface area contributed by atoms with Crippen molar-refractivity contribution in [1.82, 2.24) is 14.5 Å². The van der Waals surface area contributed by atoms with Crippen molar-refractivity contribution in [2.75, 3.05) is 11.7 Å². The quantitative estimate of drug-likeness (QED) is 0.195. The number of anilines is 1. The molecule has 2 N–H and O–H groups in total. The number of benzene rings is 1. The monoisotopic (exact) mass is 499 g/mol. The zero-order valence-electron chi connectivity index (χ0n) is 18.6. The maximum Gasteiger partial charge on any atom is 0.486 e. The number of hydrogen-bond acceptors (Lipinski definition) is 8. The van der Waals surface area contributed by atoms with Crippen molar-refractivity contribution in [3.05, 3.63) is 97.9 Å². The molecule has 182 valence electrons. The van der Waals surface area contributed by atoms with Gasteiger partial charge in [-0.15, -0.1) is 0 Å². The van der Waals surface area contributed by atoms with E-state index in [9.17, 15) is 14.2 Å². The maximum absolute atomic E-state index is 13.6. The van der Waals surface area contributed by atoms with Crippen molar-refractivity contribution in [3.8, 4) is 5.75 Å². The number of rotatable bonds is 9. The Morgan fingerprint density at radius 2 is 2.11 bits per heavy atom. The van der Waals surface area contributed by atoms with Crippen LogP contribution in [0.3, 0.4) is 0 Å². The van der Waals surface area contributed by atoms with E-state index >= 15 is 0 Å². The second-order valence-electron chi connectivity index (χ2n) is 7.67. The number of aromatic nitrogens is 3. The number of pyridine rings is 1. The van der Waals surface area contributed by atoms with Gasteiger partial charge in [0.2, 0.25) is 0 Å². The molecule has 4 rings (SSSR count). The Labute approximate surface area is 198 Å². The lowest BCUT2D eigenvalue weighted by atomic mass is 10.1. The van der Waals surface area contributed by atoms with Crippen molar-refractivity contribution < 1.29 is 18.3 Å². The summed E-state index contributed by atoms with van der Waals surface area (Å²) in [5.74, 6) is 0.214. The van der Waals surface area contributed by atoms with Crippen LogP contribution in [0, 0.1) is 6.92 Å². The lowest BCUT2D eigenvalue weighted by Crippen LogP contribution is -2.33. The van der Waals surface area contributed by atoms with E-state index in [-0.39, 0.29) is 18.8 Å². The molecule has 3 aromatic rings. The van der Waals surface area contributed by atoms with Crippen LogP contribution in [0.25, 0.3) is 10.4 Å². The number of ether oxygens (including phenoxy) is 1. The minimum absolute atomic E-state index is 0.142. The van der Waals surface area contributed by atoms with Crippen LogP contribution in [0.15, 0.2) is 75.8 Å². The largest absolute Gasteiger partial charge is 0.486 e. The first-order valence-electron chi connectivity index (χ1n) is 10.6. The van der Waals surface area contributed by atoms with E-state index in [2.05, 4.69) is 25.1 Å². The Hall–Kier alpha value is -3.89. The SMILES string of the molecule is Cc1cn([C@H]2C[C@H](N=[N+]=[N-])[C@@H](COP(=O)(Nc3ccccc3)Oc3cccnc3)O2)c(=O)[nH]c1=O. The number of nitrogens with zero attached hydrogens (tertiary/aromatic N) is 5. The van der Waals surface area contributed by atoms with Crippen molar-refractivity contribution in [2.24, 2.45) is 5.11 Å². The average molecular weight is 499 g/mol. The van der Waals surface area contributed by atoms with Gasteiger partial charge in [-0.2, -0.15) is 0 Å². The van der Waals surface area contributed by atoms with Gasteiger partial charge in [-0.05, 0) is 36.7 Å². The number of H-pyrrole nitrogens is 1. The third kappa shape index (κ3) is 5.97. The normalized spacial score (nSPS) is 21.0.